The second-order valence-electron chi connectivity index (χ2n) is 7.16. The molecule has 1 fully saturated rings. The fourth-order valence-electron chi connectivity index (χ4n) is 3.96. The van der Waals surface area contributed by atoms with Gasteiger partial charge in [-0.05, 0) is 55.4 Å². The highest BCUT2D eigenvalue weighted by Crippen LogP contribution is 2.30. The van der Waals surface area contributed by atoms with Gasteiger partial charge in [0.25, 0.3) is 5.91 Å². The van der Waals surface area contributed by atoms with Crippen LogP contribution in [0.1, 0.15) is 54.4 Å². The van der Waals surface area contributed by atoms with E-state index in [0.717, 1.165) is 49.8 Å². The molecule has 2 atom stereocenters. The number of amides is 2. The van der Waals surface area contributed by atoms with Crippen LogP contribution >= 0.6 is 0 Å². The minimum atomic E-state index is -0.176. The molecule has 1 aliphatic carbocycles. The van der Waals surface area contributed by atoms with E-state index >= 15 is 0 Å². The van der Waals surface area contributed by atoms with Gasteiger partial charge in [-0.2, -0.15) is 0 Å². The van der Waals surface area contributed by atoms with Gasteiger partial charge in [0.1, 0.15) is 0 Å². The van der Waals surface area contributed by atoms with Crippen LogP contribution in [0.3, 0.4) is 0 Å². The third-order valence-corrected chi connectivity index (χ3v) is 5.43. The van der Waals surface area contributed by atoms with Crippen LogP contribution in [-0.2, 0) is 20.7 Å². The topological polar surface area (TPSA) is 84.5 Å². The lowest BCUT2D eigenvalue weighted by Crippen LogP contribution is -2.37. The SMILES string of the molecule is COC(=O)C1CCCCC1CNC(=O)c1ccc2c(c1)CCCC(=O)N2. The normalized spacial score (nSPS) is 22.6. The van der Waals surface area contributed by atoms with Crippen molar-refractivity contribution in [3.8, 4) is 0 Å². The van der Waals surface area contributed by atoms with Gasteiger partial charge in [-0.1, -0.05) is 12.8 Å². The van der Waals surface area contributed by atoms with Gasteiger partial charge in [0.2, 0.25) is 5.91 Å². The molecule has 0 spiro atoms. The average Bonchev–Trinajstić information content (AvgIpc) is 2.85. The van der Waals surface area contributed by atoms with E-state index in [-0.39, 0.29) is 29.6 Å². The summed E-state index contributed by atoms with van der Waals surface area (Å²) in [6, 6.07) is 5.39. The van der Waals surface area contributed by atoms with E-state index in [2.05, 4.69) is 10.6 Å². The van der Waals surface area contributed by atoms with E-state index in [1.165, 1.54) is 7.11 Å². The van der Waals surface area contributed by atoms with Crippen molar-refractivity contribution in [2.24, 2.45) is 11.8 Å². The van der Waals surface area contributed by atoms with Crippen molar-refractivity contribution in [2.75, 3.05) is 19.0 Å². The number of nitrogens with one attached hydrogen (secondary N) is 2. The zero-order chi connectivity index (χ0) is 18.5. The second-order valence-corrected chi connectivity index (χ2v) is 7.16. The van der Waals surface area contributed by atoms with Gasteiger partial charge in [0, 0.05) is 24.2 Å². The van der Waals surface area contributed by atoms with Crippen molar-refractivity contribution in [1.82, 2.24) is 5.32 Å². The molecule has 1 aromatic carbocycles. The van der Waals surface area contributed by atoms with E-state index in [4.69, 9.17) is 4.74 Å². The minimum absolute atomic E-state index is 0.0205. The predicted octanol–water partition coefficient (Wildman–Crippen LogP) is 2.67. The highest BCUT2D eigenvalue weighted by atomic mass is 16.5. The maximum Gasteiger partial charge on any atom is 0.309 e. The summed E-state index contributed by atoms with van der Waals surface area (Å²) < 4.78 is 4.91. The zero-order valence-corrected chi connectivity index (χ0v) is 15.2. The Morgan fingerprint density at radius 1 is 1.19 bits per heavy atom. The maximum atomic E-state index is 12.6. The van der Waals surface area contributed by atoms with E-state index in [1.807, 2.05) is 6.07 Å². The molecule has 26 heavy (non-hydrogen) atoms. The van der Waals surface area contributed by atoms with Crippen LogP contribution in [0.4, 0.5) is 5.69 Å². The van der Waals surface area contributed by atoms with Gasteiger partial charge in [0.05, 0.1) is 13.0 Å². The van der Waals surface area contributed by atoms with Gasteiger partial charge in [-0.15, -0.1) is 0 Å². The highest BCUT2D eigenvalue weighted by Gasteiger charge is 2.31. The van der Waals surface area contributed by atoms with Gasteiger partial charge in [-0.3, -0.25) is 14.4 Å². The molecular formula is C20H26N2O4. The quantitative estimate of drug-likeness (QED) is 0.811. The second kappa shape index (κ2) is 8.34. The summed E-state index contributed by atoms with van der Waals surface area (Å²) in [7, 11) is 1.42. The summed E-state index contributed by atoms with van der Waals surface area (Å²) in [6.45, 7) is 0.479. The van der Waals surface area contributed by atoms with Gasteiger partial charge in [0.15, 0.2) is 0 Å². The Morgan fingerprint density at radius 2 is 2.00 bits per heavy atom. The Morgan fingerprint density at radius 3 is 2.81 bits per heavy atom. The van der Waals surface area contributed by atoms with Crippen molar-refractivity contribution >= 4 is 23.5 Å². The van der Waals surface area contributed by atoms with E-state index in [1.54, 1.807) is 12.1 Å². The fraction of sp³-hybridized carbons (Fsp3) is 0.550. The Kier molecular flexibility index (Phi) is 5.91. The fourth-order valence-corrected chi connectivity index (χ4v) is 3.96. The first kappa shape index (κ1) is 18.4. The van der Waals surface area contributed by atoms with Crippen molar-refractivity contribution < 1.29 is 19.1 Å². The molecule has 2 aliphatic rings. The number of carbonyl (C=O) groups is 3. The van der Waals surface area contributed by atoms with Crippen LogP contribution in [0.5, 0.6) is 0 Å². The summed E-state index contributed by atoms with van der Waals surface area (Å²) in [5, 5.41) is 5.85. The molecule has 0 saturated heterocycles. The Balaban J connectivity index is 1.64. The molecule has 1 aliphatic heterocycles. The standard InChI is InChI=1S/C20H26N2O4/c1-26-20(25)16-7-3-2-5-15(16)12-21-19(24)14-9-10-17-13(11-14)6-4-8-18(23)22-17/h9-11,15-16H,2-8,12H2,1H3,(H,21,24)(H,22,23). The number of methoxy groups -OCH3 is 1. The molecule has 0 aromatic heterocycles. The molecule has 2 unspecified atom stereocenters. The number of aryl methyl sites for hydroxylation is 1. The number of ether oxygens (including phenoxy) is 1. The molecule has 1 aromatic rings. The number of hydrogen-bond acceptors (Lipinski definition) is 4. The molecule has 2 N–H and O–H groups in total. The first-order chi connectivity index (χ1) is 12.6. The first-order valence-corrected chi connectivity index (χ1v) is 9.37. The number of rotatable bonds is 4. The van der Waals surface area contributed by atoms with Crippen LogP contribution in [-0.4, -0.2) is 31.4 Å². The van der Waals surface area contributed by atoms with Crippen molar-refractivity contribution in [2.45, 2.75) is 44.9 Å². The van der Waals surface area contributed by atoms with Crippen LogP contribution in [0.2, 0.25) is 0 Å². The minimum Gasteiger partial charge on any atom is -0.469 e. The predicted molar refractivity (Wildman–Crippen MR) is 97.8 cm³/mol. The van der Waals surface area contributed by atoms with Crippen LogP contribution in [0.25, 0.3) is 0 Å². The van der Waals surface area contributed by atoms with Crippen LogP contribution < -0.4 is 10.6 Å². The molecule has 1 saturated carbocycles. The highest BCUT2D eigenvalue weighted by molar-refractivity contribution is 5.97. The molecule has 6 nitrogen and oxygen atoms in total. The Hall–Kier alpha value is -2.37. The number of fused-ring (bicyclic) bond motifs is 1. The average molecular weight is 358 g/mol. The molecule has 2 amide bonds. The van der Waals surface area contributed by atoms with Crippen molar-refractivity contribution in [1.29, 1.82) is 0 Å². The van der Waals surface area contributed by atoms with Gasteiger partial charge < -0.3 is 15.4 Å². The summed E-state index contributed by atoms with van der Waals surface area (Å²) in [4.78, 5) is 36.1. The first-order valence-electron chi connectivity index (χ1n) is 9.37. The summed E-state index contributed by atoms with van der Waals surface area (Å²) >= 11 is 0. The van der Waals surface area contributed by atoms with E-state index in [0.29, 0.717) is 18.5 Å². The monoisotopic (exact) mass is 358 g/mol. The Labute approximate surface area is 153 Å². The lowest BCUT2D eigenvalue weighted by molar-refractivity contribution is -0.148. The third-order valence-electron chi connectivity index (χ3n) is 5.43. The van der Waals surface area contributed by atoms with E-state index in [9.17, 15) is 14.4 Å². The van der Waals surface area contributed by atoms with E-state index < -0.39 is 0 Å². The number of anilines is 1. The lowest BCUT2D eigenvalue weighted by Gasteiger charge is -2.29. The summed E-state index contributed by atoms with van der Waals surface area (Å²) in [5.41, 5.74) is 2.38. The molecule has 0 bridgehead atoms. The maximum absolute atomic E-state index is 12.6. The molecule has 140 valence electrons. The van der Waals surface area contributed by atoms with Gasteiger partial charge >= 0.3 is 5.97 Å². The number of carbonyl (C=O) groups excluding carboxylic acids is 3. The third kappa shape index (κ3) is 4.23. The van der Waals surface area contributed by atoms with Crippen molar-refractivity contribution in [3.05, 3.63) is 29.3 Å². The molecule has 6 heteroatoms. The molecule has 1 heterocycles. The summed E-state index contributed by atoms with van der Waals surface area (Å²) in [6.07, 6.45) is 5.93. The Bertz CT molecular complexity index is 701. The summed E-state index contributed by atoms with van der Waals surface area (Å²) in [5.74, 6) is -0.300. The lowest BCUT2D eigenvalue weighted by atomic mass is 9.79. The van der Waals surface area contributed by atoms with Crippen molar-refractivity contribution in [3.63, 3.8) is 0 Å². The largest absolute Gasteiger partial charge is 0.469 e. The molecule has 3 rings (SSSR count). The number of hydrogen-bond donors (Lipinski definition) is 2. The smallest absolute Gasteiger partial charge is 0.309 e. The molecular weight excluding hydrogens is 332 g/mol. The number of benzene rings is 1. The van der Waals surface area contributed by atoms with Crippen LogP contribution in [0, 0.1) is 11.8 Å². The zero-order valence-electron chi connectivity index (χ0n) is 15.2. The number of esters is 1. The molecule has 0 radical (unpaired) electrons. The van der Waals surface area contributed by atoms with Crippen LogP contribution in [0.15, 0.2) is 18.2 Å². The van der Waals surface area contributed by atoms with Gasteiger partial charge in [-0.25, -0.2) is 0 Å².